The first-order valence-electron chi connectivity index (χ1n) is 5.78. The Morgan fingerprint density at radius 2 is 2.12 bits per heavy atom. The van der Waals surface area contributed by atoms with E-state index in [-0.39, 0.29) is 0 Å². The van der Waals surface area contributed by atoms with E-state index in [1.807, 2.05) is 0 Å². The van der Waals surface area contributed by atoms with Gasteiger partial charge in [-0.05, 0) is 24.1 Å². The maximum absolute atomic E-state index is 5.21. The largest absolute Gasteiger partial charge is 0.309 e. The summed E-state index contributed by atoms with van der Waals surface area (Å²) >= 11 is 5.25. The third-order valence-electron chi connectivity index (χ3n) is 2.50. The zero-order valence-electron chi connectivity index (χ0n) is 10.1. The van der Waals surface area contributed by atoms with Gasteiger partial charge < -0.3 is 5.32 Å². The first-order valence-corrected chi connectivity index (χ1v) is 7.72. The monoisotopic (exact) mass is 311 g/mol. The third kappa shape index (κ3) is 5.63. The molecule has 0 saturated heterocycles. The highest BCUT2D eigenvalue weighted by Gasteiger charge is 2.07. The van der Waals surface area contributed by atoms with Gasteiger partial charge in [0, 0.05) is 22.8 Å². The summed E-state index contributed by atoms with van der Waals surface area (Å²) in [5, 5.41) is 3.56. The second kappa shape index (κ2) is 8.63. The van der Waals surface area contributed by atoms with Gasteiger partial charge in [-0.2, -0.15) is 0 Å². The molecule has 1 aromatic rings. The van der Waals surface area contributed by atoms with Crippen LogP contribution < -0.4 is 5.32 Å². The molecule has 0 spiro atoms. The predicted molar refractivity (Wildman–Crippen MR) is 81.3 cm³/mol. The number of nitrogens with one attached hydrogen (secondary N) is 1. The van der Waals surface area contributed by atoms with Gasteiger partial charge in [0.05, 0.1) is 5.75 Å². The summed E-state index contributed by atoms with van der Waals surface area (Å²) in [4.78, 5) is 0. The van der Waals surface area contributed by atoms with E-state index in [9.17, 15) is 0 Å². The highest BCUT2D eigenvalue weighted by Crippen LogP contribution is 2.19. The molecule has 0 bridgehead atoms. The molecule has 17 heavy (non-hydrogen) atoms. The lowest BCUT2D eigenvalue weighted by Crippen LogP contribution is -2.23. The molecule has 0 radical (unpaired) electrons. The van der Waals surface area contributed by atoms with Crippen LogP contribution in [-0.4, -0.2) is 18.1 Å². The van der Waals surface area contributed by atoms with Crippen molar-refractivity contribution in [2.24, 2.45) is 0 Å². The molecular formula is C14H18BrNS. The van der Waals surface area contributed by atoms with Gasteiger partial charge in [-0.15, -0.1) is 18.2 Å². The van der Waals surface area contributed by atoms with Crippen molar-refractivity contribution in [1.82, 2.24) is 5.32 Å². The number of rotatable bonds is 7. The van der Waals surface area contributed by atoms with Gasteiger partial charge in [-0.25, -0.2) is 0 Å². The molecule has 1 rings (SSSR count). The average Bonchev–Trinajstić information content (AvgIpc) is 2.35. The Morgan fingerprint density at radius 1 is 1.41 bits per heavy atom. The summed E-state index contributed by atoms with van der Waals surface area (Å²) in [6.45, 7) is 3.20. The summed E-state index contributed by atoms with van der Waals surface area (Å²) in [5.41, 5.74) is 1.35. The number of halogens is 1. The van der Waals surface area contributed by atoms with Crippen LogP contribution >= 0.6 is 27.7 Å². The van der Waals surface area contributed by atoms with Crippen LogP contribution in [0.25, 0.3) is 0 Å². The first-order chi connectivity index (χ1) is 8.27. The topological polar surface area (TPSA) is 12.0 Å². The second-order valence-electron chi connectivity index (χ2n) is 3.72. The van der Waals surface area contributed by atoms with Crippen LogP contribution in [0.3, 0.4) is 0 Å². The van der Waals surface area contributed by atoms with Crippen molar-refractivity contribution in [2.75, 3.05) is 18.1 Å². The highest BCUT2D eigenvalue weighted by atomic mass is 79.9. The molecule has 0 aliphatic heterocycles. The van der Waals surface area contributed by atoms with Crippen molar-refractivity contribution in [3.05, 3.63) is 34.3 Å². The highest BCUT2D eigenvalue weighted by molar-refractivity contribution is 9.10. The molecule has 0 aliphatic carbocycles. The van der Waals surface area contributed by atoms with Crippen LogP contribution in [0.1, 0.15) is 24.9 Å². The normalized spacial score (nSPS) is 12.1. The van der Waals surface area contributed by atoms with Gasteiger partial charge in [0.15, 0.2) is 0 Å². The second-order valence-corrected chi connectivity index (χ2v) is 5.74. The summed E-state index contributed by atoms with van der Waals surface area (Å²) in [5.74, 6) is 4.51. The molecule has 0 heterocycles. The molecule has 0 aliphatic rings. The van der Waals surface area contributed by atoms with E-state index in [1.165, 1.54) is 5.56 Å². The van der Waals surface area contributed by atoms with Crippen molar-refractivity contribution < 1.29 is 0 Å². The van der Waals surface area contributed by atoms with Crippen molar-refractivity contribution >= 4 is 27.7 Å². The molecule has 1 nitrogen and oxygen atoms in total. The van der Waals surface area contributed by atoms with E-state index in [4.69, 9.17) is 6.42 Å². The van der Waals surface area contributed by atoms with E-state index >= 15 is 0 Å². The number of hydrogen-bond acceptors (Lipinski definition) is 2. The summed E-state index contributed by atoms with van der Waals surface area (Å²) < 4.78 is 1.13. The Kier molecular flexibility index (Phi) is 7.43. The van der Waals surface area contributed by atoms with Crippen molar-refractivity contribution in [3.8, 4) is 12.3 Å². The fraction of sp³-hybridized carbons (Fsp3) is 0.429. The van der Waals surface area contributed by atoms with E-state index in [1.54, 1.807) is 11.8 Å². The fourth-order valence-corrected chi connectivity index (χ4v) is 2.42. The summed E-state index contributed by atoms with van der Waals surface area (Å²) in [7, 11) is 0. The van der Waals surface area contributed by atoms with Gasteiger partial charge >= 0.3 is 0 Å². The molecule has 0 saturated carbocycles. The minimum atomic E-state index is 0.439. The Bertz CT molecular complexity index is 355. The summed E-state index contributed by atoms with van der Waals surface area (Å²) in [6, 6.07) is 8.95. The van der Waals surface area contributed by atoms with Crippen molar-refractivity contribution in [1.29, 1.82) is 0 Å². The maximum atomic E-state index is 5.21. The molecule has 1 atom stereocenters. The summed E-state index contributed by atoms with van der Waals surface area (Å²) in [6.07, 6.45) is 6.30. The predicted octanol–water partition coefficient (Wildman–Crippen LogP) is 3.86. The van der Waals surface area contributed by atoms with Gasteiger partial charge in [0.25, 0.3) is 0 Å². The fourth-order valence-electron chi connectivity index (χ4n) is 1.63. The van der Waals surface area contributed by atoms with Gasteiger partial charge in [-0.3, -0.25) is 0 Å². The van der Waals surface area contributed by atoms with Crippen LogP contribution in [0.4, 0.5) is 0 Å². The van der Waals surface area contributed by atoms with E-state index in [2.05, 4.69) is 58.4 Å². The number of thioether (sulfide) groups is 1. The Hall–Kier alpha value is -0.430. The number of hydrogen-bond donors (Lipinski definition) is 1. The third-order valence-corrected chi connectivity index (χ3v) is 3.90. The standard InChI is InChI=1S/C14H18BrNS/c1-3-10-17-11-9-16-14(4-2)12-5-7-13(15)8-6-12/h1,5-8,14,16H,4,9-11H2,2H3. The molecule has 0 amide bonds. The molecule has 1 unspecified atom stereocenters. The van der Waals surface area contributed by atoms with E-state index < -0.39 is 0 Å². The lowest BCUT2D eigenvalue weighted by atomic mass is 10.1. The van der Waals surface area contributed by atoms with E-state index in [0.717, 1.165) is 28.9 Å². The van der Waals surface area contributed by atoms with Crippen LogP contribution in [0.2, 0.25) is 0 Å². The zero-order chi connectivity index (χ0) is 12.5. The minimum absolute atomic E-state index is 0.439. The van der Waals surface area contributed by atoms with E-state index in [0.29, 0.717) is 6.04 Å². The first kappa shape index (κ1) is 14.6. The van der Waals surface area contributed by atoms with Crippen molar-refractivity contribution in [2.45, 2.75) is 19.4 Å². The smallest absolute Gasteiger partial charge is 0.0545 e. The van der Waals surface area contributed by atoms with Crippen LogP contribution in [0, 0.1) is 12.3 Å². The van der Waals surface area contributed by atoms with Crippen LogP contribution in [-0.2, 0) is 0 Å². The number of terminal acetylenes is 1. The molecule has 0 aromatic heterocycles. The van der Waals surface area contributed by atoms with Gasteiger partial charge in [0.2, 0.25) is 0 Å². The minimum Gasteiger partial charge on any atom is -0.309 e. The lowest BCUT2D eigenvalue weighted by Gasteiger charge is -2.17. The quantitative estimate of drug-likeness (QED) is 0.606. The maximum Gasteiger partial charge on any atom is 0.0545 e. The number of benzene rings is 1. The molecule has 3 heteroatoms. The molecule has 92 valence electrons. The van der Waals surface area contributed by atoms with Crippen LogP contribution in [0.5, 0.6) is 0 Å². The van der Waals surface area contributed by atoms with Gasteiger partial charge in [0.1, 0.15) is 0 Å². The lowest BCUT2D eigenvalue weighted by molar-refractivity contribution is 0.540. The average molecular weight is 312 g/mol. The van der Waals surface area contributed by atoms with Crippen molar-refractivity contribution in [3.63, 3.8) is 0 Å². The molecular weight excluding hydrogens is 294 g/mol. The SMILES string of the molecule is C#CCSCCNC(CC)c1ccc(Br)cc1. The Labute approximate surface area is 117 Å². The molecule has 1 N–H and O–H groups in total. The Morgan fingerprint density at radius 3 is 2.71 bits per heavy atom. The zero-order valence-corrected chi connectivity index (χ0v) is 12.5. The molecule has 0 fully saturated rings. The Balaban J connectivity index is 2.38. The molecule has 1 aromatic carbocycles. The van der Waals surface area contributed by atoms with Gasteiger partial charge in [-0.1, -0.05) is 40.9 Å². The van der Waals surface area contributed by atoms with Crippen LogP contribution in [0.15, 0.2) is 28.7 Å².